The molecule has 6 heteroatoms. The third-order valence-electron chi connectivity index (χ3n) is 1.27. The van der Waals surface area contributed by atoms with Gasteiger partial charge >= 0.3 is 17.3 Å². The first kappa shape index (κ1) is 9.69. The number of phenolic OH excluding ortho intramolecular Hbond substituents is 1. The second kappa shape index (κ2) is 4.01. The summed E-state index contributed by atoms with van der Waals surface area (Å²) in [7, 11) is 0. The monoisotopic (exact) mass is 202 g/mol. The van der Waals surface area contributed by atoms with Crippen molar-refractivity contribution in [1.29, 1.82) is 0 Å². The maximum absolute atomic E-state index is 10.9. The second-order valence-electron chi connectivity index (χ2n) is 2.11. The van der Waals surface area contributed by atoms with Crippen LogP contribution in [0.3, 0.4) is 0 Å². The Bertz CT molecular complexity index is 348. The zero-order chi connectivity index (χ0) is 9.84. The van der Waals surface area contributed by atoms with E-state index in [2.05, 4.69) is 4.18 Å². The third-order valence-corrected chi connectivity index (χ3v) is 1.56. The smallest absolute Gasteiger partial charge is 0.360 e. The van der Waals surface area contributed by atoms with Gasteiger partial charge < -0.3 is 9.29 Å². The van der Waals surface area contributed by atoms with Crippen LogP contribution in [0.15, 0.2) is 24.3 Å². The molecule has 0 spiro atoms. The van der Waals surface area contributed by atoms with Gasteiger partial charge in [0.1, 0.15) is 11.3 Å². The standard InChI is InChI=1S/C7H6O5S/c8-6-4-2-1-3-5(6)7(9)12-13(10)11/h1-4,8H,(H,10,11). The van der Waals surface area contributed by atoms with E-state index in [4.69, 9.17) is 9.66 Å². The van der Waals surface area contributed by atoms with Crippen LogP contribution >= 0.6 is 0 Å². The zero-order valence-corrected chi connectivity index (χ0v) is 7.15. The molecule has 1 aromatic rings. The lowest BCUT2D eigenvalue weighted by Gasteiger charge is -2.00. The van der Waals surface area contributed by atoms with Crippen molar-refractivity contribution >= 4 is 17.3 Å². The van der Waals surface area contributed by atoms with Crippen LogP contribution in [0.2, 0.25) is 0 Å². The lowest BCUT2D eigenvalue weighted by atomic mass is 10.2. The number of carbonyl (C=O) groups excluding carboxylic acids is 1. The molecule has 5 nitrogen and oxygen atoms in total. The van der Waals surface area contributed by atoms with E-state index in [0.717, 1.165) is 0 Å². The predicted octanol–water partition coefficient (Wildman–Crippen LogP) is 0.686. The largest absolute Gasteiger partial charge is 0.507 e. The van der Waals surface area contributed by atoms with Crippen LogP contribution in [0.4, 0.5) is 0 Å². The first-order valence-electron chi connectivity index (χ1n) is 3.23. The van der Waals surface area contributed by atoms with E-state index in [9.17, 15) is 9.00 Å². The fourth-order valence-corrected chi connectivity index (χ4v) is 0.975. The summed E-state index contributed by atoms with van der Waals surface area (Å²) in [6.45, 7) is 0. The average Bonchev–Trinajstić information content (AvgIpc) is 2.03. The van der Waals surface area contributed by atoms with Crippen molar-refractivity contribution in [2.45, 2.75) is 0 Å². The summed E-state index contributed by atoms with van der Waals surface area (Å²) < 4.78 is 22.2. The average molecular weight is 202 g/mol. The van der Waals surface area contributed by atoms with E-state index in [-0.39, 0.29) is 11.3 Å². The van der Waals surface area contributed by atoms with Crippen molar-refractivity contribution < 1.29 is 22.8 Å². The van der Waals surface area contributed by atoms with Gasteiger partial charge in [-0.3, -0.25) is 4.55 Å². The summed E-state index contributed by atoms with van der Waals surface area (Å²) in [6.07, 6.45) is 0. The summed E-state index contributed by atoms with van der Waals surface area (Å²) in [5.74, 6) is -1.34. The van der Waals surface area contributed by atoms with Crippen molar-refractivity contribution in [3.05, 3.63) is 29.8 Å². The maximum Gasteiger partial charge on any atom is 0.360 e. The Balaban J connectivity index is 2.89. The fraction of sp³-hybridized carbons (Fsp3) is 0. The Labute approximate surface area is 76.5 Å². The van der Waals surface area contributed by atoms with Gasteiger partial charge in [0.25, 0.3) is 0 Å². The molecule has 70 valence electrons. The van der Waals surface area contributed by atoms with Crippen LogP contribution in [0, 0.1) is 0 Å². The SMILES string of the molecule is O=C(OS(=O)O)c1ccccc1O. The number of para-hydroxylation sites is 1. The Morgan fingerprint density at radius 3 is 2.54 bits per heavy atom. The summed E-state index contributed by atoms with van der Waals surface area (Å²) in [6, 6.07) is 5.57. The molecule has 0 saturated heterocycles. The van der Waals surface area contributed by atoms with E-state index < -0.39 is 17.3 Å². The molecule has 1 unspecified atom stereocenters. The van der Waals surface area contributed by atoms with Gasteiger partial charge in [0.05, 0.1) is 0 Å². The van der Waals surface area contributed by atoms with Gasteiger partial charge in [0.2, 0.25) is 0 Å². The van der Waals surface area contributed by atoms with Gasteiger partial charge in [0.15, 0.2) is 0 Å². The third kappa shape index (κ3) is 2.53. The van der Waals surface area contributed by atoms with Gasteiger partial charge in [-0.15, -0.1) is 0 Å². The number of phenols is 1. The summed E-state index contributed by atoms with van der Waals surface area (Å²) in [4.78, 5) is 10.9. The first-order valence-corrected chi connectivity index (χ1v) is 4.26. The van der Waals surface area contributed by atoms with Crippen LogP contribution in [-0.4, -0.2) is 19.8 Å². The van der Waals surface area contributed by atoms with Crippen LogP contribution in [0.5, 0.6) is 5.75 Å². The number of rotatable bonds is 2. The van der Waals surface area contributed by atoms with E-state index in [1.807, 2.05) is 0 Å². The highest BCUT2D eigenvalue weighted by Crippen LogP contribution is 2.16. The molecule has 2 N–H and O–H groups in total. The van der Waals surface area contributed by atoms with E-state index in [1.165, 1.54) is 24.3 Å². The van der Waals surface area contributed by atoms with Crippen molar-refractivity contribution in [3.8, 4) is 5.75 Å². The van der Waals surface area contributed by atoms with Crippen molar-refractivity contribution in [2.75, 3.05) is 0 Å². The van der Waals surface area contributed by atoms with E-state index in [1.54, 1.807) is 0 Å². The van der Waals surface area contributed by atoms with E-state index >= 15 is 0 Å². The lowest BCUT2D eigenvalue weighted by molar-refractivity contribution is 0.0740. The topological polar surface area (TPSA) is 83.8 Å². The van der Waals surface area contributed by atoms with Crippen LogP contribution in [0.25, 0.3) is 0 Å². The highest BCUT2D eigenvalue weighted by Gasteiger charge is 2.13. The molecule has 0 aliphatic carbocycles. The number of hydrogen-bond acceptors (Lipinski definition) is 4. The number of aromatic hydroxyl groups is 1. The van der Waals surface area contributed by atoms with Gasteiger partial charge in [-0.05, 0) is 12.1 Å². The minimum atomic E-state index is -2.67. The molecule has 0 fully saturated rings. The molecular weight excluding hydrogens is 196 g/mol. The maximum atomic E-state index is 10.9. The second-order valence-corrected chi connectivity index (χ2v) is 2.71. The molecular formula is C7H6O5S. The summed E-state index contributed by atoms with van der Waals surface area (Å²) in [5, 5.41) is 9.11. The van der Waals surface area contributed by atoms with Crippen LogP contribution in [0.1, 0.15) is 10.4 Å². The molecule has 0 aliphatic heterocycles. The Morgan fingerprint density at radius 2 is 2.00 bits per heavy atom. The predicted molar refractivity (Wildman–Crippen MR) is 44.3 cm³/mol. The molecule has 1 aromatic carbocycles. The summed E-state index contributed by atoms with van der Waals surface area (Å²) >= 11 is -2.67. The summed E-state index contributed by atoms with van der Waals surface area (Å²) in [5.41, 5.74) is -0.148. The van der Waals surface area contributed by atoms with Gasteiger partial charge in [-0.2, -0.15) is 4.21 Å². The molecule has 0 heterocycles. The minimum Gasteiger partial charge on any atom is -0.507 e. The normalized spacial score (nSPS) is 12.1. The van der Waals surface area contributed by atoms with Gasteiger partial charge in [-0.25, -0.2) is 4.79 Å². The van der Waals surface area contributed by atoms with Crippen molar-refractivity contribution in [3.63, 3.8) is 0 Å². The molecule has 0 radical (unpaired) electrons. The number of carbonyl (C=O) groups is 1. The molecule has 13 heavy (non-hydrogen) atoms. The van der Waals surface area contributed by atoms with Crippen molar-refractivity contribution in [1.82, 2.24) is 0 Å². The highest BCUT2D eigenvalue weighted by atomic mass is 32.2. The van der Waals surface area contributed by atoms with Crippen LogP contribution < -0.4 is 0 Å². The fourth-order valence-electron chi connectivity index (χ4n) is 0.756. The Hall–Kier alpha value is -1.40. The molecule has 0 saturated carbocycles. The lowest BCUT2D eigenvalue weighted by Crippen LogP contribution is -2.06. The molecule has 1 rings (SSSR count). The van der Waals surface area contributed by atoms with E-state index in [0.29, 0.717) is 0 Å². The van der Waals surface area contributed by atoms with Crippen LogP contribution in [-0.2, 0) is 15.5 Å². The molecule has 0 aromatic heterocycles. The zero-order valence-electron chi connectivity index (χ0n) is 6.34. The Kier molecular flexibility index (Phi) is 2.99. The Morgan fingerprint density at radius 1 is 1.38 bits per heavy atom. The molecule has 0 amide bonds. The van der Waals surface area contributed by atoms with Crippen molar-refractivity contribution in [2.24, 2.45) is 0 Å². The quantitative estimate of drug-likeness (QED) is 0.689. The highest BCUT2D eigenvalue weighted by molar-refractivity contribution is 7.74. The molecule has 0 bridgehead atoms. The number of benzene rings is 1. The minimum absolute atomic E-state index is 0.148. The van der Waals surface area contributed by atoms with Gasteiger partial charge in [-0.1, -0.05) is 12.1 Å². The number of hydrogen-bond donors (Lipinski definition) is 2. The molecule has 1 atom stereocenters. The molecule has 0 aliphatic rings. The first-order chi connectivity index (χ1) is 6.11. The van der Waals surface area contributed by atoms with Gasteiger partial charge in [0, 0.05) is 0 Å².